The quantitative estimate of drug-likeness (QED) is 0.682. The molecule has 1 aromatic heterocycles. The number of aromatic nitrogens is 1. The van der Waals surface area contributed by atoms with Crippen LogP contribution in [0.25, 0.3) is 5.69 Å². The lowest BCUT2D eigenvalue weighted by molar-refractivity contribution is 0.0742. The van der Waals surface area contributed by atoms with Gasteiger partial charge in [-0.25, -0.2) is 8.78 Å². The maximum atomic E-state index is 13.4. The van der Waals surface area contributed by atoms with Gasteiger partial charge in [-0.2, -0.15) is 0 Å². The number of hydrogen-bond donors (Lipinski definition) is 0. The van der Waals surface area contributed by atoms with E-state index in [-0.39, 0.29) is 11.9 Å². The van der Waals surface area contributed by atoms with E-state index in [4.69, 9.17) is 0 Å². The summed E-state index contributed by atoms with van der Waals surface area (Å²) in [7, 11) is 1.65. The van der Waals surface area contributed by atoms with Gasteiger partial charge >= 0.3 is 0 Å². The Bertz CT molecular complexity index is 873. The van der Waals surface area contributed by atoms with Gasteiger partial charge in [-0.15, -0.1) is 0 Å². The van der Waals surface area contributed by atoms with E-state index < -0.39 is 11.6 Å². The van der Waals surface area contributed by atoms with Gasteiger partial charge in [0, 0.05) is 30.7 Å². The number of benzene rings is 2. The van der Waals surface area contributed by atoms with Crippen molar-refractivity contribution in [2.45, 2.75) is 13.0 Å². The Morgan fingerprint density at radius 2 is 1.64 bits per heavy atom. The fraction of sp³-hybridized carbons (Fsp3) is 0.150. The van der Waals surface area contributed by atoms with Gasteiger partial charge in [-0.3, -0.25) is 4.79 Å². The highest BCUT2D eigenvalue weighted by Crippen LogP contribution is 2.23. The van der Waals surface area contributed by atoms with Crippen LogP contribution in [0.1, 0.15) is 28.9 Å². The summed E-state index contributed by atoms with van der Waals surface area (Å²) in [4.78, 5) is 14.2. The van der Waals surface area contributed by atoms with Gasteiger partial charge in [-0.1, -0.05) is 6.07 Å². The minimum absolute atomic E-state index is 0.184. The summed E-state index contributed by atoms with van der Waals surface area (Å²) >= 11 is 0. The van der Waals surface area contributed by atoms with Crippen LogP contribution in [0.15, 0.2) is 67.0 Å². The van der Waals surface area contributed by atoms with E-state index in [1.807, 2.05) is 41.2 Å². The summed E-state index contributed by atoms with van der Waals surface area (Å²) in [6.45, 7) is 1.78. The van der Waals surface area contributed by atoms with Crippen LogP contribution in [0.3, 0.4) is 0 Å². The minimum Gasteiger partial charge on any atom is -0.335 e. The molecule has 0 spiro atoms. The first-order chi connectivity index (χ1) is 12.0. The van der Waals surface area contributed by atoms with Gasteiger partial charge in [0.2, 0.25) is 0 Å². The van der Waals surface area contributed by atoms with E-state index in [2.05, 4.69) is 0 Å². The lowest BCUT2D eigenvalue weighted by Gasteiger charge is -2.25. The van der Waals surface area contributed by atoms with Gasteiger partial charge in [0.15, 0.2) is 11.6 Å². The van der Waals surface area contributed by atoms with E-state index >= 15 is 0 Å². The smallest absolute Gasteiger partial charge is 0.254 e. The van der Waals surface area contributed by atoms with Crippen LogP contribution >= 0.6 is 0 Å². The number of carbonyl (C=O) groups is 1. The fourth-order valence-electron chi connectivity index (χ4n) is 2.66. The molecule has 5 heteroatoms. The second-order valence-corrected chi connectivity index (χ2v) is 5.90. The summed E-state index contributed by atoms with van der Waals surface area (Å²) in [6, 6.07) is 14.4. The first-order valence-electron chi connectivity index (χ1n) is 7.93. The predicted octanol–water partition coefficient (Wildman–Crippen LogP) is 4.59. The third-order valence-electron chi connectivity index (χ3n) is 4.34. The third kappa shape index (κ3) is 3.45. The molecule has 0 bridgehead atoms. The van der Waals surface area contributed by atoms with Gasteiger partial charge in [0.05, 0.1) is 6.04 Å². The maximum Gasteiger partial charge on any atom is 0.254 e. The largest absolute Gasteiger partial charge is 0.335 e. The highest BCUT2D eigenvalue weighted by Gasteiger charge is 2.20. The molecule has 1 heterocycles. The highest BCUT2D eigenvalue weighted by molar-refractivity contribution is 5.94. The summed E-state index contributed by atoms with van der Waals surface area (Å²) in [6.07, 6.45) is 3.85. The van der Waals surface area contributed by atoms with Crippen molar-refractivity contribution in [1.29, 1.82) is 0 Å². The van der Waals surface area contributed by atoms with Gasteiger partial charge in [-0.05, 0) is 61.0 Å². The third-order valence-corrected chi connectivity index (χ3v) is 4.34. The molecular formula is C20H18F2N2O. The summed E-state index contributed by atoms with van der Waals surface area (Å²) in [5.41, 5.74) is 2.03. The Hall–Kier alpha value is -2.95. The first-order valence-corrected chi connectivity index (χ1v) is 7.93. The lowest BCUT2D eigenvalue weighted by Crippen LogP contribution is -2.29. The normalized spacial score (nSPS) is 12.0. The number of nitrogens with zero attached hydrogens (tertiary/aromatic N) is 2. The van der Waals surface area contributed by atoms with Crippen molar-refractivity contribution in [3.8, 4) is 5.69 Å². The molecule has 0 aliphatic heterocycles. The van der Waals surface area contributed by atoms with Crippen LogP contribution in [0.4, 0.5) is 8.78 Å². The van der Waals surface area contributed by atoms with Gasteiger partial charge in [0.1, 0.15) is 0 Å². The van der Waals surface area contributed by atoms with Crippen LogP contribution < -0.4 is 0 Å². The van der Waals surface area contributed by atoms with E-state index in [1.165, 1.54) is 11.0 Å². The van der Waals surface area contributed by atoms with E-state index in [0.29, 0.717) is 11.1 Å². The molecule has 3 rings (SSSR count). The molecular weight excluding hydrogens is 322 g/mol. The number of hydrogen-bond acceptors (Lipinski definition) is 1. The van der Waals surface area contributed by atoms with Gasteiger partial charge < -0.3 is 9.47 Å². The fourth-order valence-corrected chi connectivity index (χ4v) is 2.66. The van der Waals surface area contributed by atoms with Crippen LogP contribution in [0, 0.1) is 11.6 Å². The zero-order valence-electron chi connectivity index (χ0n) is 14.0. The maximum absolute atomic E-state index is 13.4. The average molecular weight is 340 g/mol. The molecule has 1 atom stereocenters. The summed E-state index contributed by atoms with van der Waals surface area (Å²) in [5.74, 6) is -2.00. The molecule has 3 aromatic rings. The molecule has 0 aliphatic carbocycles. The lowest BCUT2D eigenvalue weighted by atomic mass is 10.1. The Morgan fingerprint density at radius 1 is 1.00 bits per heavy atom. The van der Waals surface area contributed by atoms with E-state index in [1.54, 1.807) is 26.1 Å². The van der Waals surface area contributed by atoms with Crippen molar-refractivity contribution in [2.75, 3.05) is 7.05 Å². The second-order valence-electron chi connectivity index (χ2n) is 5.90. The SMILES string of the molecule is CC(c1ccc(F)c(F)c1)N(C)C(=O)c1ccc(-n2cccc2)cc1. The standard InChI is InChI=1S/C20H18F2N2O/c1-14(16-7-10-18(21)19(22)13-16)23(2)20(25)15-5-8-17(9-6-15)24-11-3-4-12-24/h3-14H,1-2H3. The summed E-state index contributed by atoms with van der Waals surface area (Å²) < 4.78 is 28.5. The van der Waals surface area contributed by atoms with Crippen molar-refractivity contribution in [3.63, 3.8) is 0 Å². The number of amides is 1. The van der Waals surface area contributed by atoms with Crippen LogP contribution in [-0.4, -0.2) is 22.4 Å². The molecule has 0 saturated carbocycles. The molecule has 25 heavy (non-hydrogen) atoms. The van der Waals surface area contributed by atoms with Gasteiger partial charge in [0.25, 0.3) is 5.91 Å². The van der Waals surface area contributed by atoms with Crippen LogP contribution in [0.2, 0.25) is 0 Å². The average Bonchev–Trinajstić information content (AvgIpc) is 3.17. The topological polar surface area (TPSA) is 25.2 Å². The zero-order valence-corrected chi connectivity index (χ0v) is 14.0. The van der Waals surface area contributed by atoms with Crippen molar-refractivity contribution in [3.05, 3.63) is 89.8 Å². The Kier molecular flexibility index (Phi) is 4.65. The predicted molar refractivity (Wildman–Crippen MR) is 92.6 cm³/mol. The van der Waals surface area contributed by atoms with Crippen LogP contribution in [0.5, 0.6) is 0 Å². The van der Waals surface area contributed by atoms with E-state index in [9.17, 15) is 13.6 Å². The molecule has 0 fully saturated rings. The Morgan fingerprint density at radius 3 is 2.24 bits per heavy atom. The molecule has 0 radical (unpaired) electrons. The molecule has 0 saturated heterocycles. The molecule has 0 aliphatic rings. The van der Waals surface area contributed by atoms with Crippen molar-refractivity contribution < 1.29 is 13.6 Å². The van der Waals surface area contributed by atoms with E-state index in [0.717, 1.165) is 17.8 Å². The summed E-state index contributed by atoms with van der Waals surface area (Å²) in [5, 5.41) is 0. The molecule has 3 nitrogen and oxygen atoms in total. The monoisotopic (exact) mass is 340 g/mol. The Labute approximate surface area is 145 Å². The molecule has 0 N–H and O–H groups in total. The number of rotatable bonds is 4. The molecule has 128 valence electrons. The second kappa shape index (κ2) is 6.89. The highest BCUT2D eigenvalue weighted by atomic mass is 19.2. The molecule has 1 amide bonds. The van der Waals surface area contributed by atoms with Crippen molar-refractivity contribution in [1.82, 2.24) is 9.47 Å². The molecule has 1 unspecified atom stereocenters. The van der Waals surface area contributed by atoms with Crippen molar-refractivity contribution in [2.24, 2.45) is 0 Å². The first kappa shape index (κ1) is 16.9. The Balaban J connectivity index is 1.78. The van der Waals surface area contributed by atoms with Crippen LogP contribution in [-0.2, 0) is 0 Å². The number of halogens is 2. The minimum atomic E-state index is -0.915. The molecule has 2 aromatic carbocycles. The van der Waals surface area contributed by atoms with Crippen molar-refractivity contribution >= 4 is 5.91 Å². The zero-order chi connectivity index (χ0) is 18.0. The number of carbonyl (C=O) groups excluding carboxylic acids is 1.